The van der Waals surface area contributed by atoms with Crippen molar-refractivity contribution in [2.75, 3.05) is 0 Å². The standard InChI is InChI=1S/C20H15FN4OS/c21-17-4-1-3-15-18(17)16(11-22)19(26)24-20(15)27-12-13-5-7-14(8-6-13)25-10-2-9-23-25/h1-11,22H,12H2,(H,24,26). The summed E-state index contributed by atoms with van der Waals surface area (Å²) in [5, 5.41) is 23.1. The summed E-state index contributed by atoms with van der Waals surface area (Å²) in [6.07, 6.45) is 4.53. The van der Waals surface area contributed by atoms with Gasteiger partial charge in [0.15, 0.2) is 0 Å². The Morgan fingerprint density at radius 1 is 1.15 bits per heavy atom. The molecule has 2 aromatic carbocycles. The molecule has 0 bridgehead atoms. The van der Waals surface area contributed by atoms with Gasteiger partial charge in [0.1, 0.15) is 10.8 Å². The summed E-state index contributed by atoms with van der Waals surface area (Å²) in [5.41, 5.74) is 2.13. The largest absolute Gasteiger partial charge is 0.493 e. The van der Waals surface area contributed by atoms with Gasteiger partial charge in [-0.3, -0.25) is 0 Å². The number of rotatable bonds is 5. The number of aromatic hydroxyl groups is 1. The highest BCUT2D eigenvalue weighted by atomic mass is 32.2. The number of nitrogens with zero attached hydrogens (tertiary/aromatic N) is 3. The minimum atomic E-state index is -0.478. The maximum absolute atomic E-state index is 14.3. The quantitative estimate of drug-likeness (QED) is 0.394. The van der Waals surface area contributed by atoms with Gasteiger partial charge >= 0.3 is 0 Å². The Bertz CT molecular complexity index is 1110. The van der Waals surface area contributed by atoms with E-state index < -0.39 is 5.82 Å². The summed E-state index contributed by atoms with van der Waals surface area (Å²) >= 11 is 1.41. The van der Waals surface area contributed by atoms with Crippen LogP contribution in [-0.2, 0) is 5.75 Å². The number of hydrogen-bond donors (Lipinski definition) is 2. The van der Waals surface area contributed by atoms with Crippen LogP contribution in [0.3, 0.4) is 0 Å². The van der Waals surface area contributed by atoms with Crippen LogP contribution in [0.15, 0.2) is 66.0 Å². The maximum Gasteiger partial charge on any atom is 0.221 e. The highest BCUT2D eigenvalue weighted by Crippen LogP contribution is 2.35. The van der Waals surface area contributed by atoms with Gasteiger partial charge in [0.2, 0.25) is 5.88 Å². The molecule has 0 aliphatic carbocycles. The van der Waals surface area contributed by atoms with Crippen molar-refractivity contribution < 1.29 is 9.50 Å². The summed E-state index contributed by atoms with van der Waals surface area (Å²) in [6.45, 7) is 0. The first-order valence-electron chi connectivity index (χ1n) is 8.21. The third kappa shape index (κ3) is 3.29. The van der Waals surface area contributed by atoms with Crippen molar-refractivity contribution in [3.05, 3.63) is 77.9 Å². The van der Waals surface area contributed by atoms with Gasteiger partial charge < -0.3 is 10.5 Å². The van der Waals surface area contributed by atoms with Crippen LogP contribution in [0.4, 0.5) is 4.39 Å². The Balaban J connectivity index is 1.63. The monoisotopic (exact) mass is 378 g/mol. The van der Waals surface area contributed by atoms with Crippen molar-refractivity contribution in [3.8, 4) is 11.6 Å². The Kier molecular flexibility index (Phi) is 4.60. The normalized spacial score (nSPS) is 11.0. The average Bonchev–Trinajstić information content (AvgIpc) is 3.22. The van der Waals surface area contributed by atoms with Gasteiger partial charge in [0.05, 0.1) is 11.3 Å². The van der Waals surface area contributed by atoms with Crippen LogP contribution >= 0.6 is 11.8 Å². The van der Waals surface area contributed by atoms with E-state index in [0.717, 1.165) is 17.5 Å². The van der Waals surface area contributed by atoms with Crippen molar-refractivity contribution >= 4 is 28.7 Å². The molecule has 5 nitrogen and oxygen atoms in total. The Morgan fingerprint density at radius 3 is 2.67 bits per heavy atom. The molecule has 0 radical (unpaired) electrons. The fourth-order valence-corrected chi connectivity index (χ4v) is 3.84. The van der Waals surface area contributed by atoms with Gasteiger partial charge in [0.25, 0.3) is 0 Å². The number of nitrogens with one attached hydrogen (secondary N) is 1. The lowest BCUT2D eigenvalue weighted by Crippen LogP contribution is -1.96. The number of hydrogen-bond acceptors (Lipinski definition) is 5. The average molecular weight is 378 g/mol. The molecule has 2 aromatic heterocycles. The first-order valence-corrected chi connectivity index (χ1v) is 9.19. The molecular formula is C20H15FN4OS. The summed E-state index contributed by atoms with van der Waals surface area (Å²) in [5.74, 6) is -0.199. The number of halogens is 1. The third-order valence-corrected chi connectivity index (χ3v) is 5.25. The van der Waals surface area contributed by atoms with Gasteiger partial charge in [-0.2, -0.15) is 5.10 Å². The fraction of sp³-hybridized carbons (Fsp3) is 0.0500. The minimum Gasteiger partial charge on any atom is -0.493 e. The minimum absolute atomic E-state index is 0.0935. The first kappa shape index (κ1) is 17.2. The zero-order chi connectivity index (χ0) is 18.8. The highest BCUT2D eigenvalue weighted by molar-refractivity contribution is 7.98. The summed E-state index contributed by atoms with van der Waals surface area (Å²) < 4.78 is 16.1. The predicted octanol–water partition coefficient (Wildman–Crippen LogP) is 4.56. The van der Waals surface area contributed by atoms with Gasteiger partial charge in [-0.15, -0.1) is 11.8 Å². The van der Waals surface area contributed by atoms with Crippen LogP contribution < -0.4 is 0 Å². The van der Waals surface area contributed by atoms with Crippen LogP contribution in [0, 0.1) is 11.2 Å². The predicted molar refractivity (Wildman–Crippen MR) is 104 cm³/mol. The lowest BCUT2D eigenvalue weighted by molar-refractivity contribution is 0.449. The van der Waals surface area contributed by atoms with Crippen molar-refractivity contribution in [2.45, 2.75) is 10.8 Å². The molecule has 0 fully saturated rings. The second kappa shape index (κ2) is 7.20. The summed E-state index contributed by atoms with van der Waals surface area (Å²) in [4.78, 5) is 4.17. The molecule has 0 saturated heterocycles. The van der Waals surface area contributed by atoms with E-state index in [1.807, 2.05) is 36.5 Å². The van der Waals surface area contributed by atoms with E-state index >= 15 is 0 Å². The molecule has 2 heterocycles. The Hall–Kier alpha value is -3.19. The number of thioether (sulfide) groups is 1. The van der Waals surface area contributed by atoms with E-state index in [0.29, 0.717) is 16.2 Å². The molecule has 4 rings (SSSR count). The van der Waals surface area contributed by atoms with Crippen LogP contribution in [-0.4, -0.2) is 26.1 Å². The molecule has 4 aromatic rings. The van der Waals surface area contributed by atoms with Crippen molar-refractivity contribution in [1.82, 2.24) is 14.8 Å². The van der Waals surface area contributed by atoms with Crippen molar-refractivity contribution in [3.63, 3.8) is 0 Å². The molecule has 0 unspecified atom stereocenters. The van der Waals surface area contributed by atoms with E-state index in [1.165, 1.54) is 17.8 Å². The Morgan fingerprint density at radius 2 is 1.96 bits per heavy atom. The van der Waals surface area contributed by atoms with E-state index in [2.05, 4.69) is 10.1 Å². The second-order valence-corrected chi connectivity index (χ2v) is 6.83. The lowest BCUT2D eigenvalue weighted by atomic mass is 10.1. The number of aromatic nitrogens is 3. The van der Waals surface area contributed by atoms with Crippen LogP contribution in [0.1, 0.15) is 11.1 Å². The molecule has 134 valence electrons. The fourth-order valence-electron chi connectivity index (χ4n) is 2.87. The van der Waals surface area contributed by atoms with Crippen molar-refractivity contribution in [1.29, 1.82) is 5.41 Å². The molecule has 0 aliphatic rings. The molecule has 0 aliphatic heterocycles. The van der Waals surface area contributed by atoms with Gasteiger partial charge in [-0.25, -0.2) is 14.1 Å². The Labute approximate surface area is 159 Å². The molecule has 0 saturated carbocycles. The lowest BCUT2D eigenvalue weighted by Gasteiger charge is -2.10. The molecular weight excluding hydrogens is 363 g/mol. The first-order chi connectivity index (χ1) is 13.2. The molecule has 2 N–H and O–H groups in total. The summed E-state index contributed by atoms with van der Waals surface area (Å²) in [7, 11) is 0. The van der Waals surface area contributed by atoms with Gasteiger partial charge in [0, 0.05) is 35.1 Å². The zero-order valence-corrected chi connectivity index (χ0v) is 14.9. The van der Waals surface area contributed by atoms with E-state index in [1.54, 1.807) is 23.0 Å². The van der Waals surface area contributed by atoms with Crippen LogP contribution in [0.25, 0.3) is 16.5 Å². The van der Waals surface area contributed by atoms with E-state index in [-0.39, 0.29) is 16.8 Å². The SMILES string of the molecule is N=Cc1c(O)nc(SCc2ccc(-n3cccn3)cc2)c2cccc(F)c12. The summed E-state index contributed by atoms with van der Waals surface area (Å²) in [6, 6.07) is 14.5. The molecule has 0 atom stereocenters. The second-order valence-electron chi connectivity index (χ2n) is 5.87. The van der Waals surface area contributed by atoms with Crippen LogP contribution in [0.2, 0.25) is 0 Å². The molecule has 0 spiro atoms. The highest BCUT2D eigenvalue weighted by Gasteiger charge is 2.15. The third-order valence-electron chi connectivity index (χ3n) is 4.19. The topological polar surface area (TPSA) is 74.8 Å². The van der Waals surface area contributed by atoms with Crippen molar-refractivity contribution in [2.24, 2.45) is 0 Å². The smallest absolute Gasteiger partial charge is 0.221 e. The van der Waals surface area contributed by atoms with E-state index in [9.17, 15) is 9.50 Å². The number of pyridine rings is 1. The zero-order valence-electron chi connectivity index (χ0n) is 14.1. The number of benzene rings is 2. The maximum atomic E-state index is 14.3. The van der Waals surface area contributed by atoms with Gasteiger partial charge in [-0.1, -0.05) is 24.3 Å². The van der Waals surface area contributed by atoms with E-state index in [4.69, 9.17) is 5.41 Å². The van der Waals surface area contributed by atoms with Gasteiger partial charge in [-0.05, 0) is 29.8 Å². The van der Waals surface area contributed by atoms with Crippen LogP contribution in [0.5, 0.6) is 5.88 Å². The molecule has 27 heavy (non-hydrogen) atoms. The number of fused-ring (bicyclic) bond motifs is 1. The molecule has 7 heteroatoms. The molecule has 0 amide bonds.